The van der Waals surface area contributed by atoms with E-state index in [-0.39, 0.29) is 12.5 Å². The molecule has 0 bridgehead atoms. The van der Waals surface area contributed by atoms with Crippen LogP contribution in [0.1, 0.15) is 41.8 Å². The van der Waals surface area contributed by atoms with E-state index in [0.717, 1.165) is 22.4 Å². The van der Waals surface area contributed by atoms with Crippen LogP contribution in [0.3, 0.4) is 0 Å². The Bertz CT molecular complexity index is 1060. The Morgan fingerprint density at radius 3 is 2.75 bits per heavy atom. The molecule has 0 aliphatic rings. The maximum Gasteiger partial charge on any atom is 0.303 e. The Labute approximate surface area is 167 Å². The third kappa shape index (κ3) is 3.35. The van der Waals surface area contributed by atoms with Gasteiger partial charge in [0.15, 0.2) is 5.65 Å². The minimum absolute atomic E-state index is 0.0150. The Morgan fingerprint density at radius 2 is 2.11 bits per heavy atom. The lowest BCUT2D eigenvalue weighted by atomic mass is 9.96. The van der Waals surface area contributed by atoms with E-state index >= 15 is 0 Å². The number of rotatable bonds is 6. The molecule has 2 heterocycles. The molecule has 8 nitrogen and oxygen atoms in total. The van der Waals surface area contributed by atoms with Crippen LogP contribution in [0.25, 0.3) is 11.0 Å². The highest BCUT2D eigenvalue weighted by atomic mass is 35.5. The van der Waals surface area contributed by atoms with Gasteiger partial charge in [-0.05, 0) is 44.4 Å². The molecular formula is C19H22ClN5O3. The smallest absolute Gasteiger partial charge is 0.303 e. The molecule has 2 aromatic heterocycles. The molecule has 0 amide bonds. The zero-order valence-electron chi connectivity index (χ0n) is 16.2. The Kier molecular flexibility index (Phi) is 5.42. The first-order valence-electron chi connectivity index (χ1n) is 8.79. The van der Waals surface area contributed by atoms with Crippen molar-refractivity contribution in [3.8, 4) is 5.75 Å². The van der Waals surface area contributed by atoms with E-state index in [0.29, 0.717) is 34.0 Å². The van der Waals surface area contributed by atoms with Crippen LogP contribution in [0.4, 0.5) is 5.82 Å². The topological polar surface area (TPSA) is 116 Å². The van der Waals surface area contributed by atoms with Crippen LogP contribution in [0.5, 0.6) is 5.75 Å². The Balaban J connectivity index is 2.18. The molecule has 0 radical (unpaired) electrons. The van der Waals surface area contributed by atoms with Gasteiger partial charge in [0.05, 0.1) is 24.2 Å². The molecule has 0 fully saturated rings. The number of halogens is 1. The summed E-state index contributed by atoms with van der Waals surface area (Å²) in [5, 5.41) is 14.9. The van der Waals surface area contributed by atoms with E-state index in [1.54, 1.807) is 11.8 Å². The van der Waals surface area contributed by atoms with Crippen molar-refractivity contribution in [3.63, 3.8) is 0 Å². The van der Waals surface area contributed by atoms with Crippen molar-refractivity contribution in [3.05, 3.63) is 39.8 Å². The number of anilines is 1. The van der Waals surface area contributed by atoms with Crippen molar-refractivity contribution < 1.29 is 14.6 Å². The van der Waals surface area contributed by atoms with Gasteiger partial charge in [-0.1, -0.05) is 11.6 Å². The summed E-state index contributed by atoms with van der Waals surface area (Å²) >= 11 is 6.47. The summed E-state index contributed by atoms with van der Waals surface area (Å²) in [5.41, 5.74) is 9.71. The van der Waals surface area contributed by atoms with Gasteiger partial charge in [-0.2, -0.15) is 5.10 Å². The zero-order valence-corrected chi connectivity index (χ0v) is 16.9. The number of carbonyl (C=O) groups is 1. The van der Waals surface area contributed by atoms with Gasteiger partial charge in [0.2, 0.25) is 0 Å². The SMILES string of the molecule is COc1c(C(C)n2nc(C)c3c(N)ncnc32)cc(Cl)c(C)c1CCC(=O)O. The molecule has 0 saturated carbocycles. The molecule has 148 valence electrons. The standard InChI is InChI=1S/C19H22ClN5O3/c1-9-12(5-6-15(26)27)17(28-4)13(7-14(9)20)11(3)25-19-16(10(2)24-25)18(21)22-8-23-19/h7-8,11H,5-6H2,1-4H3,(H,26,27)(H2,21,22,23). The third-order valence-corrected chi connectivity index (χ3v) is 5.33. The van der Waals surface area contributed by atoms with E-state index in [2.05, 4.69) is 15.1 Å². The first-order valence-corrected chi connectivity index (χ1v) is 9.17. The molecule has 0 aliphatic heterocycles. The second-order valence-corrected chi connectivity index (χ2v) is 7.05. The van der Waals surface area contributed by atoms with Crippen LogP contribution in [0.2, 0.25) is 5.02 Å². The van der Waals surface area contributed by atoms with Gasteiger partial charge >= 0.3 is 5.97 Å². The van der Waals surface area contributed by atoms with Crippen molar-refractivity contribution in [2.24, 2.45) is 0 Å². The van der Waals surface area contributed by atoms with Gasteiger partial charge in [0, 0.05) is 17.0 Å². The zero-order chi connectivity index (χ0) is 20.6. The molecular weight excluding hydrogens is 382 g/mol. The summed E-state index contributed by atoms with van der Waals surface area (Å²) in [6, 6.07) is 1.56. The summed E-state index contributed by atoms with van der Waals surface area (Å²) in [4.78, 5) is 19.5. The number of methoxy groups -OCH3 is 1. The molecule has 0 aliphatic carbocycles. The molecule has 1 unspecified atom stereocenters. The maximum absolute atomic E-state index is 11.1. The van der Waals surface area contributed by atoms with Crippen LogP contribution >= 0.6 is 11.6 Å². The van der Waals surface area contributed by atoms with Gasteiger partial charge in [-0.15, -0.1) is 0 Å². The number of carboxylic acid groups (broad SMARTS) is 1. The van der Waals surface area contributed by atoms with Crippen molar-refractivity contribution >= 4 is 34.4 Å². The van der Waals surface area contributed by atoms with Crippen molar-refractivity contribution in [2.75, 3.05) is 12.8 Å². The second kappa shape index (κ2) is 7.63. The van der Waals surface area contributed by atoms with Gasteiger partial charge in [-0.25, -0.2) is 14.6 Å². The number of hydrogen-bond donors (Lipinski definition) is 2. The summed E-state index contributed by atoms with van der Waals surface area (Å²) in [5.74, 6) is 0.105. The van der Waals surface area contributed by atoms with Crippen molar-refractivity contribution in [1.82, 2.24) is 19.7 Å². The predicted octanol–water partition coefficient (Wildman–Crippen LogP) is 3.31. The normalized spacial score (nSPS) is 12.3. The number of aromatic nitrogens is 4. The van der Waals surface area contributed by atoms with E-state index in [9.17, 15) is 4.79 Å². The first-order chi connectivity index (χ1) is 13.3. The second-order valence-electron chi connectivity index (χ2n) is 6.64. The Hall–Kier alpha value is -2.87. The highest BCUT2D eigenvalue weighted by Gasteiger charge is 2.24. The molecule has 3 rings (SSSR count). The highest BCUT2D eigenvalue weighted by Crippen LogP contribution is 2.39. The number of nitrogens with zero attached hydrogens (tertiary/aromatic N) is 4. The lowest BCUT2D eigenvalue weighted by molar-refractivity contribution is -0.136. The lowest BCUT2D eigenvalue weighted by Crippen LogP contribution is -2.13. The van der Waals surface area contributed by atoms with E-state index in [1.807, 2.05) is 26.8 Å². The fourth-order valence-corrected chi connectivity index (χ4v) is 3.69. The van der Waals surface area contributed by atoms with Crippen LogP contribution in [-0.2, 0) is 11.2 Å². The number of carboxylic acids is 1. The highest BCUT2D eigenvalue weighted by molar-refractivity contribution is 6.31. The molecule has 1 atom stereocenters. The van der Waals surface area contributed by atoms with E-state index < -0.39 is 5.97 Å². The number of benzene rings is 1. The number of ether oxygens (including phenoxy) is 1. The van der Waals surface area contributed by atoms with Crippen molar-refractivity contribution in [2.45, 2.75) is 39.7 Å². The minimum atomic E-state index is -0.878. The van der Waals surface area contributed by atoms with Gasteiger partial charge in [0.1, 0.15) is 17.9 Å². The molecule has 0 saturated heterocycles. The fourth-order valence-electron chi connectivity index (χ4n) is 3.45. The van der Waals surface area contributed by atoms with E-state index in [4.69, 9.17) is 27.2 Å². The number of fused-ring (bicyclic) bond motifs is 1. The van der Waals surface area contributed by atoms with Crippen LogP contribution < -0.4 is 10.5 Å². The predicted molar refractivity (Wildman–Crippen MR) is 107 cm³/mol. The minimum Gasteiger partial charge on any atom is -0.496 e. The lowest BCUT2D eigenvalue weighted by Gasteiger charge is -2.22. The number of aliphatic carboxylic acids is 1. The fraction of sp³-hybridized carbons (Fsp3) is 0.368. The molecule has 0 spiro atoms. The van der Waals surface area contributed by atoms with E-state index in [1.165, 1.54) is 6.33 Å². The van der Waals surface area contributed by atoms with Gasteiger partial charge in [-0.3, -0.25) is 4.79 Å². The van der Waals surface area contributed by atoms with Gasteiger partial charge < -0.3 is 15.6 Å². The average Bonchev–Trinajstić information content (AvgIpc) is 2.99. The number of hydrogen-bond acceptors (Lipinski definition) is 6. The largest absolute Gasteiger partial charge is 0.496 e. The first kappa shape index (κ1) is 19.9. The summed E-state index contributed by atoms with van der Waals surface area (Å²) < 4.78 is 7.44. The summed E-state index contributed by atoms with van der Waals surface area (Å²) in [6.07, 6.45) is 1.71. The molecule has 3 N–H and O–H groups in total. The van der Waals surface area contributed by atoms with Crippen molar-refractivity contribution in [1.29, 1.82) is 0 Å². The van der Waals surface area contributed by atoms with Crippen LogP contribution in [0.15, 0.2) is 12.4 Å². The van der Waals surface area contributed by atoms with Crippen LogP contribution in [0, 0.1) is 13.8 Å². The average molecular weight is 404 g/mol. The Morgan fingerprint density at radius 1 is 1.39 bits per heavy atom. The van der Waals surface area contributed by atoms with Crippen LogP contribution in [-0.4, -0.2) is 37.9 Å². The summed E-state index contributed by atoms with van der Waals surface area (Å²) in [7, 11) is 1.57. The number of nitrogens with two attached hydrogens (primary N) is 1. The maximum atomic E-state index is 11.1. The summed E-state index contributed by atoms with van der Waals surface area (Å²) in [6.45, 7) is 5.66. The molecule has 3 aromatic rings. The molecule has 1 aromatic carbocycles. The molecule has 28 heavy (non-hydrogen) atoms. The molecule has 9 heteroatoms. The number of aryl methyl sites for hydroxylation is 1. The quantitative estimate of drug-likeness (QED) is 0.648. The number of nitrogen functional groups attached to an aromatic ring is 1. The third-order valence-electron chi connectivity index (χ3n) is 4.93. The van der Waals surface area contributed by atoms with Gasteiger partial charge in [0.25, 0.3) is 0 Å². The monoisotopic (exact) mass is 403 g/mol.